The molecule has 4 atom stereocenters. The predicted octanol–water partition coefficient (Wildman–Crippen LogP) is 3.75. The molecule has 0 amide bonds. The molecule has 0 bridgehead atoms. The first kappa shape index (κ1) is 18.9. The minimum absolute atomic E-state index is 0.322. The van der Waals surface area contributed by atoms with Gasteiger partial charge in [-0.15, -0.1) is 0 Å². The average Bonchev–Trinajstić information content (AvgIpc) is 2.97. The van der Waals surface area contributed by atoms with Gasteiger partial charge in [-0.25, -0.2) is 4.79 Å². The molecule has 4 heteroatoms. The number of benzene rings is 1. The highest BCUT2D eigenvalue weighted by Crippen LogP contribution is 2.63. The van der Waals surface area contributed by atoms with Crippen LogP contribution >= 0.6 is 0 Å². The summed E-state index contributed by atoms with van der Waals surface area (Å²) in [6.45, 7) is 8.20. The van der Waals surface area contributed by atoms with Gasteiger partial charge in [0.15, 0.2) is 5.60 Å². The first-order chi connectivity index (χ1) is 13.2. The van der Waals surface area contributed by atoms with E-state index in [9.17, 15) is 4.79 Å². The number of nitrogens with two attached hydrogens (primary N) is 2. The molecule has 146 valence electrons. The van der Waals surface area contributed by atoms with Crippen molar-refractivity contribution < 1.29 is 9.53 Å². The Morgan fingerprint density at radius 2 is 1.39 bits per heavy atom. The number of rotatable bonds is 2. The standard InChI is InChI=1S/C24H28N2O2/c1-15-9-11-22(3,19(25)13-15)24(23(4)12-10-16(2)14-20(23)26)18-8-6-5-7-17(18)21(27)28-24/h5-14,19-20H,25-26H2,1-4H3. The summed E-state index contributed by atoms with van der Waals surface area (Å²) >= 11 is 0. The Morgan fingerprint density at radius 3 is 1.89 bits per heavy atom. The normalized spacial score (nSPS) is 39.3. The van der Waals surface area contributed by atoms with Crippen molar-refractivity contribution in [1.82, 2.24) is 0 Å². The largest absolute Gasteiger partial charge is 0.449 e. The molecule has 1 aromatic rings. The van der Waals surface area contributed by atoms with Gasteiger partial charge in [0, 0.05) is 28.5 Å². The molecule has 0 aromatic heterocycles. The molecule has 0 saturated carbocycles. The number of carbonyl (C=O) groups is 1. The Bertz CT molecular complexity index is 925. The number of esters is 1. The van der Waals surface area contributed by atoms with Gasteiger partial charge >= 0.3 is 5.97 Å². The zero-order chi connectivity index (χ0) is 20.3. The molecular formula is C24H28N2O2. The molecule has 2 aliphatic carbocycles. The van der Waals surface area contributed by atoms with Gasteiger partial charge in [0.05, 0.1) is 5.56 Å². The van der Waals surface area contributed by atoms with Crippen LogP contribution in [-0.2, 0) is 10.3 Å². The second-order valence-electron chi connectivity index (χ2n) is 8.72. The summed E-state index contributed by atoms with van der Waals surface area (Å²) in [5.41, 5.74) is 14.7. The second-order valence-corrected chi connectivity index (χ2v) is 8.72. The van der Waals surface area contributed by atoms with E-state index in [-0.39, 0.29) is 18.1 Å². The maximum atomic E-state index is 13.0. The topological polar surface area (TPSA) is 78.3 Å². The monoisotopic (exact) mass is 376 g/mol. The Hall–Kier alpha value is -2.43. The van der Waals surface area contributed by atoms with Gasteiger partial charge in [-0.1, -0.05) is 79.6 Å². The third-order valence-electron chi connectivity index (χ3n) is 6.94. The first-order valence-corrected chi connectivity index (χ1v) is 9.75. The van der Waals surface area contributed by atoms with E-state index < -0.39 is 16.4 Å². The minimum Gasteiger partial charge on any atom is -0.449 e. The van der Waals surface area contributed by atoms with E-state index >= 15 is 0 Å². The maximum absolute atomic E-state index is 13.0. The molecule has 4 unspecified atom stereocenters. The van der Waals surface area contributed by atoms with E-state index in [0.29, 0.717) is 5.56 Å². The Kier molecular flexibility index (Phi) is 4.07. The fourth-order valence-electron chi connectivity index (χ4n) is 5.16. The van der Waals surface area contributed by atoms with E-state index in [4.69, 9.17) is 16.2 Å². The van der Waals surface area contributed by atoms with E-state index in [0.717, 1.165) is 16.7 Å². The van der Waals surface area contributed by atoms with Crippen molar-refractivity contribution in [3.05, 3.63) is 83.0 Å². The van der Waals surface area contributed by atoms with Crippen LogP contribution in [0.25, 0.3) is 0 Å². The summed E-state index contributed by atoms with van der Waals surface area (Å²) in [4.78, 5) is 13.0. The maximum Gasteiger partial charge on any atom is 0.339 e. The van der Waals surface area contributed by atoms with Crippen molar-refractivity contribution in [3.63, 3.8) is 0 Å². The fourth-order valence-corrected chi connectivity index (χ4v) is 5.16. The van der Waals surface area contributed by atoms with Crippen LogP contribution in [-0.4, -0.2) is 18.1 Å². The second kappa shape index (κ2) is 6.03. The smallest absolute Gasteiger partial charge is 0.339 e. The highest BCUT2D eigenvalue weighted by Gasteiger charge is 2.68. The van der Waals surface area contributed by atoms with Gasteiger partial charge in [-0.05, 0) is 19.9 Å². The number of hydrogen-bond donors (Lipinski definition) is 2. The Balaban J connectivity index is 2.05. The molecule has 4 rings (SSSR count). The van der Waals surface area contributed by atoms with Crippen LogP contribution in [0.3, 0.4) is 0 Å². The zero-order valence-corrected chi connectivity index (χ0v) is 16.9. The summed E-state index contributed by atoms with van der Waals surface area (Å²) < 4.78 is 6.36. The van der Waals surface area contributed by atoms with Crippen LogP contribution in [0.2, 0.25) is 0 Å². The molecule has 4 N–H and O–H groups in total. The molecule has 4 nitrogen and oxygen atoms in total. The summed E-state index contributed by atoms with van der Waals surface area (Å²) in [6, 6.07) is 6.95. The first-order valence-electron chi connectivity index (χ1n) is 9.75. The number of allylic oxidation sites excluding steroid dienone is 4. The van der Waals surface area contributed by atoms with Crippen LogP contribution in [0, 0.1) is 10.8 Å². The summed E-state index contributed by atoms with van der Waals surface area (Å²) in [7, 11) is 0. The van der Waals surface area contributed by atoms with Crippen LogP contribution in [0.4, 0.5) is 0 Å². The molecular weight excluding hydrogens is 348 g/mol. The highest BCUT2D eigenvalue weighted by molar-refractivity contribution is 5.95. The number of fused-ring (bicyclic) bond motifs is 1. The number of ether oxygens (including phenoxy) is 1. The fraction of sp³-hybridized carbons (Fsp3) is 0.375. The third kappa shape index (κ3) is 2.22. The molecule has 1 aromatic carbocycles. The summed E-state index contributed by atoms with van der Waals surface area (Å²) in [6.07, 6.45) is 12.4. The Morgan fingerprint density at radius 1 is 0.893 bits per heavy atom. The Labute approximate surface area is 166 Å². The zero-order valence-electron chi connectivity index (χ0n) is 16.9. The van der Waals surface area contributed by atoms with Gasteiger partial charge in [0.2, 0.25) is 0 Å². The van der Waals surface area contributed by atoms with Crippen molar-refractivity contribution >= 4 is 5.97 Å². The minimum atomic E-state index is -1.03. The van der Waals surface area contributed by atoms with E-state index in [1.165, 1.54) is 0 Å². The third-order valence-corrected chi connectivity index (χ3v) is 6.94. The molecule has 0 saturated heterocycles. The number of carbonyl (C=O) groups excluding carboxylic acids is 1. The van der Waals surface area contributed by atoms with Gasteiger partial charge in [-0.2, -0.15) is 0 Å². The molecule has 1 aliphatic heterocycles. The van der Waals surface area contributed by atoms with Crippen LogP contribution < -0.4 is 11.5 Å². The molecule has 28 heavy (non-hydrogen) atoms. The SMILES string of the molecule is CC1=CC(N)C(C)(C2(C3(C)C=CC(C)=CC3N)OC(=O)c3ccccc32)C=C1. The van der Waals surface area contributed by atoms with Gasteiger partial charge < -0.3 is 16.2 Å². The lowest BCUT2D eigenvalue weighted by Gasteiger charge is -2.57. The van der Waals surface area contributed by atoms with Crippen LogP contribution in [0.1, 0.15) is 43.6 Å². The molecule has 1 heterocycles. The number of cyclic esters (lactones) is 1. The van der Waals surface area contributed by atoms with Gasteiger partial charge in [0.25, 0.3) is 0 Å². The summed E-state index contributed by atoms with van der Waals surface area (Å²) in [5, 5.41) is 0. The van der Waals surface area contributed by atoms with Crippen molar-refractivity contribution in [3.8, 4) is 0 Å². The van der Waals surface area contributed by atoms with E-state index in [1.54, 1.807) is 0 Å². The quantitative estimate of drug-likeness (QED) is 0.771. The lowest BCUT2D eigenvalue weighted by molar-refractivity contribution is -0.139. The van der Waals surface area contributed by atoms with Gasteiger partial charge in [0.1, 0.15) is 0 Å². The summed E-state index contributed by atoms with van der Waals surface area (Å²) in [5.74, 6) is -0.322. The predicted molar refractivity (Wildman–Crippen MR) is 111 cm³/mol. The van der Waals surface area contributed by atoms with Crippen molar-refractivity contribution in [1.29, 1.82) is 0 Å². The molecule has 0 radical (unpaired) electrons. The van der Waals surface area contributed by atoms with Crippen LogP contribution in [0.15, 0.2) is 71.9 Å². The molecule has 3 aliphatic rings. The lowest BCUT2D eigenvalue weighted by atomic mass is 9.50. The van der Waals surface area contributed by atoms with Crippen molar-refractivity contribution in [2.24, 2.45) is 22.3 Å². The van der Waals surface area contributed by atoms with E-state index in [2.05, 4.69) is 38.2 Å². The number of hydrogen-bond acceptors (Lipinski definition) is 4. The van der Waals surface area contributed by atoms with Gasteiger partial charge in [-0.3, -0.25) is 0 Å². The van der Waals surface area contributed by atoms with Crippen molar-refractivity contribution in [2.75, 3.05) is 0 Å². The molecule has 0 spiro atoms. The average molecular weight is 377 g/mol. The highest BCUT2D eigenvalue weighted by atomic mass is 16.6. The van der Waals surface area contributed by atoms with Crippen LogP contribution in [0.5, 0.6) is 0 Å². The molecule has 0 fully saturated rings. The lowest BCUT2D eigenvalue weighted by Crippen LogP contribution is -2.65. The van der Waals surface area contributed by atoms with Crippen molar-refractivity contribution in [2.45, 2.75) is 45.4 Å². The van der Waals surface area contributed by atoms with E-state index in [1.807, 2.05) is 50.3 Å².